The van der Waals surface area contributed by atoms with E-state index < -0.39 is 6.10 Å². The molecule has 3 N–H and O–H groups in total. The SMILES string of the molecule is CC(C)CCC(=O)N1CCC(N2C[C@H](O)C[C@H]2C(N)=O)CC1. The van der Waals surface area contributed by atoms with Crippen molar-refractivity contribution in [3.63, 3.8) is 0 Å². The molecule has 0 spiro atoms. The molecule has 2 heterocycles. The van der Waals surface area contributed by atoms with Gasteiger partial charge >= 0.3 is 0 Å². The van der Waals surface area contributed by atoms with Gasteiger partial charge < -0.3 is 15.7 Å². The van der Waals surface area contributed by atoms with Crippen molar-refractivity contribution in [2.45, 2.75) is 64.1 Å². The summed E-state index contributed by atoms with van der Waals surface area (Å²) in [5.74, 6) is 0.427. The van der Waals surface area contributed by atoms with E-state index in [1.54, 1.807) is 0 Å². The number of rotatable bonds is 5. The summed E-state index contributed by atoms with van der Waals surface area (Å²) >= 11 is 0. The monoisotopic (exact) mass is 311 g/mol. The van der Waals surface area contributed by atoms with E-state index in [-0.39, 0.29) is 23.9 Å². The largest absolute Gasteiger partial charge is 0.392 e. The molecular weight excluding hydrogens is 282 g/mol. The second-order valence-electron chi connectivity index (χ2n) is 7.05. The van der Waals surface area contributed by atoms with Gasteiger partial charge in [0.1, 0.15) is 0 Å². The molecule has 2 fully saturated rings. The zero-order valence-electron chi connectivity index (χ0n) is 13.7. The highest BCUT2D eigenvalue weighted by Crippen LogP contribution is 2.26. The Balaban J connectivity index is 1.84. The Hall–Kier alpha value is -1.14. The second-order valence-corrected chi connectivity index (χ2v) is 7.05. The molecule has 0 unspecified atom stereocenters. The van der Waals surface area contributed by atoms with E-state index >= 15 is 0 Å². The van der Waals surface area contributed by atoms with Gasteiger partial charge in [-0.1, -0.05) is 13.8 Å². The number of primary amides is 1. The molecule has 0 aromatic heterocycles. The van der Waals surface area contributed by atoms with E-state index in [0.29, 0.717) is 25.3 Å². The fourth-order valence-electron chi connectivity index (χ4n) is 3.54. The van der Waals surface area contributed by atoms with E-state index in [2.05, 4.69) is 13.8 Å². The summed E-state index contributed by atoms with van der Waals surface area (Å²) in [4.78, 5) is 27.7. The number of hydrogen-bond donors (Lipinski definition) is 2. The van der Waals surface area contributed by atoms with Gasteiger partial charge in [0, 0.05) is 32.1 Å². The van der Waals surface area contributed by atoms with Crippen LogP contribution in [-0.2, 0) is 9.59 Å². The number of piperidine rings is 1. The van der Waals surface area contributed by atoms with Crippen LogP contribution in [0.3, 0.4) is 0 Å². The van der Waals surface area contributed by atoms with Crippen LogP contribution in [0.25, 0.3) is 0 Å². The van der Waals surface area contributed by atoms with E-state index in [9.17, 15) is 14.7 Å². The number of hydrogen-bond acceptors (Lipinski definition) is 4. The van der Waals surface area contributed by atoms with Crippen LogP contribution in [-0.4, -0.2) is 64.5 Å². The van der Waals surface area contributed by atoms with Crippen molar-refractivity contribution in [3.8, 4) is 0 Å². The summed E-state index contributed by atoms with van der Waals surface area (Å²) in [7, 11) is 0. The Morgan fingerprint density at radius 3 is 2.45 bits per heavy atom. The average Bonchev–Trinajstić information content (AvgIpc) is 2.87. The number of aliphatic hydroxyl groups is 1. The Morgan fingerprint density at radius 2 is 1.91 bits per heavy atom. The van der Waals surface area contributed by atoms with Crippen molar-refractivity contribution in [3.05, 3.63) is 0 Å². The summed E-state index contributed by atoms with van der Waals surface area (Å²) in [6.45, 7) is 6.24. The Morgan fingerprint density at radius 1 is 1.27 bits per heavy atom. The lowest BCUT2D eigenvalue weighted by atomic mass is 10.0. The van der Waals surface area contributed by atoms with E-state index in [1.165, 1.54) is 0 Å². The summed E-state index contributed by atoms with van der Waals surface area (Å²) in [5, 5.41) is 9.80. The van der Waals surface area contributed by atoms with Gasteiger partial charge in [-0.3, -0.25) is 14.5 Å². The number of β-amino-alcohol motifs (C(OH)–C–C–N with tert-alkyl or cyclic N) is 1. The topological polar surface area (TPSA) is 86.9 Å². The van der Waals surface area contributed by atoms with Crippen LogP contribution >= 0.6 is 0 Å². The minimum absolute atomic E-state index is 0.236. The van der Waals surface area contributed by atoms with Crippen LogP contribution in [0.5, 0.6) is 0 Å². The fraction of sp³-hybridized carbons (Fsp3) is 0.875. The third-order valence-corrected chi connectivity index (χ3v) is 4.87. The molecule has 2 amide bonds. The van der Waals surface area contributed by atoms with E-state index in [4.69, 9.17) is 5.73 Å². The van der Waals surface area contributed by atoms with E-state index in [0.717, 1.165) is 32.4 Å². The highest BCUT2D eigenvalue weighted by Gasteiger charge is 2.39. The number of amides is 2. The van der Waals surface area contributed by atoms with E-state index in [1.807, 2.05) is 9.80 Å². The lowest BCUT2D eigenvalue weighted by Crippen LogP contribution is -2.51. The second kappa shape index (κ2) is 7.42. The third kappa shape index (κ3) is 4.20. The number of nitrogens with zero attached hydrogens (tertiary/aromatic N) is 2. The van der Waals surface area contributed by atoms with Crippen molar-refractivity contribution in [2.24, 2.45) is 11.7 Å². The maximum Gasteiger partial charge on any atom is 0.234 e. The van der Waals surface area contributed by atoms with Crippen molar-refractivity contribution in [1.29, 1.82) is 0 Å². The minimum atomic E-state index is -0.469. The van der Waals surface area contributed by atoms with Crippen LogP contribution < -0.4 is 5.73 Å². The van der Waals surface area contributed by atoms with Gasteiger partial charge in [-0.15, -0.1) is 0 Å². The summed E-state index contributed by atoms with van der Waals surface area (Å²) < 4.78 is 0. The van der Waals surface area contributed by atoms with Gasteiger partial charge in [-0.25, -0.2) is 0 Å². The smallest absolute Gasteiger partial charge is 0.234 e. The van der Waals surface area contributed by atoms with Crippen LogP contribution in [0, 0.1) is 5.92 Å². The Kier molecular flexibility index (Phi) is 5.81. The van der Waals surface area contributed by atoms with Crippen molar-refractivity contribution < 1.29 is 14.7 Å². The molecule has 0 radical (unpaired) electrons. The van der Waals surface area contributed by atoms with Gasteiger partial charge in [-0.05, 0) is 31.6 Å². The quantitative estimate of drug-likeness (QED) is 0.766. The Bertz CT molecular complexity index is 405. The highest BCUT2D eigenvalue weighted by atomic mass is 16.3. The molecule has 22 heavy (non-hydrogen) atoms. The summed E-state index contributed by atoms with van der Waals surface area (Å²) in [5.41, 5.74) is 5.44. The molecule has 126 valence electrons. The van der Waals surface area contributed by atoms with Gasteiger partial charge in [0.25, 0.3) is 0 Å². The van der Waals surface area contributed by atoms with Crippen LogP contribution in [0.15, 0.2) is 0 Å². The van der Waals surface area contributed by atoms with Crippen molar-refractivity contribution in [1.82, 2.24) is 9.80 Å². The van der Waals surface area contributed by atoms with Crippen molar-refractivity contribution >= 4 is 11.8 Å². The third-order valence-electron chi connectivity index (χ3n) is 4.87. The van der Waals surface area contributed by atoms with Crippen LogP contribution in [0.1, 0.15) is 46.0 Å². The molecule has 6 heteroatoms. The number of likely N-dealkylation sites (tertiary alicyclic amines) is 2. The zero-order chi connectivity index (χ0) is 16.3. The van der Waals surface area contributed by atoms with Crippen molar-refractivity contribution in [2.75, 3.05) is 19.6 Å². The van der Waals surface area contributed by atoms with Gasteiger partial charge in [0.15, 0.2) is 0 Å². The maximum atomic E-state index is 12.2. The maximum absolute atomic E-state index is 12.2. The first-order valence-corrected chi connectivity index (χ1v) is 8.39. The number of carbonyl (C=O) groups is 2. The number of nitrogens with two attached hydrogens (primary N) is 1. The number of carbonyl (C=O) groups excluding carboxylic acids is 2. The summed E-state index contributed by atoms with van der Waals surface area (Å²) in [6.07, 6.45) is 3.22. The summed E-state index contributed by atoms with van der Waals surface area (Å²) in [6, 6.07) is -0.119. The number of aliphatic hydroxyl groups excluding tert-OH is 1. The first-order chi connectivity index (χ1) is 10.4. The normalized spacial score (nSPS) is 27.5. The average molecular weight is 311 g/mol. The molecule has 2 saturated heterocycles. The first-order valence-electron chi connectivity index (χ1n) is 8.39. The molecule has 0 saturated carbocycles. The predicted octanol–water partition coefficient (Wildman–Crippen LogP) is 0.334. The predicted molar refractivity (Wildman–Crippen MR) is 84.0 cm³/mol. The van der Waals surface area contributed by atoms with Crippen LogP contribution in [0.2, 0.25) is 0 Å². The molecule has 2 rings (SSSR count). The first kappa shape index (κ1) is 17.2. The minimum Gasteiger partial charge on any atom is -0.392 e. The molecule has 0 aromatic carbocycles. The highest BCUT2D eigenvalue weighted by molar-refractivity contribution is 5.80. The molecule has 0 aromatic rings. The molecule has 6 nitrogen and oxygen atoms in total. The zero-order valence-corrected chi connectivity index (χ0v) is 13.7. The Labute approximate surface area is 132 Å². The molecule has 2 aliphatic heterocycles. The van der Waals surface area contributed by atoms with Crippen LogP contribution in [0.4, 0.5) is 0 Å². The van der Waals surface area contributed by atoms with Gasteiger partial charge in [-0.2, -0.15) is 0 Å². The molecular formula is C16H29N3O3. The molecule has 2 aliphatic rings. The molecule has 2 atom stereocenters. The van der Waals surface area contributed by atoms with Gasteiger partial charge in [0.05, 0.1) is 12.1 Å². The van der Waals surface area contributed by atoms with Gasteiger partial charge in [0.2, 0.25) is 11.8 Å². The lowest BCUT2D eigenvalue weighted by molar-refractivity contribution is -0.133. The standard InChI is InChI=1S/C16H29N3O3/c1-11(2)3-4-15(21)18-7-5-12(6-8-18)19-10-13(20)9-14(19)16(17)22/h11-14,20H,3-10H2,1-2H3,(H2,17,22)/t13-,14+/m1/s1. The lowest BCUT2D eigenvalue weighted by Gasteiger charge is -2.38. The molecule has 0 bridgehead atoms. The fourth-order valence-corrected chi connectivity index (χ4v) is 3.54. The molecule has 0 aliphatic carbocycles.